The fraction of sp³-hybridized carbons (Fsp3) is 0.500. The summed E-state index contributed by atoms with van der Waals surface area (Å²) in [6.07, 6.45) is 3.26. The summed E-state index contributed by atoms with van der Waals surface area (Å²) >= 11 is 0. The van der Waals surface area contributed by atoms with Gasteiger partial charge in [-0.2, -0.15) is 0 Å². The highest BCUT2D eigenvalue weighted by Crippen LogP contribution is 2.41. The van der Waals surface area contributed by atoms with E-state index in [4.69, 9.17) is 0 Å². The highest BCUT2D eigenvalue weighted by atomic mass is 19.1. The van der Waals surface area contributed by atoms with Crippen LogP contribution >= 0.6 is 0 Å². The number of fused-ring (bicyclic) bond motifs is 1. The number of carbonyl (C=O) groups is 1. The Kier molecular flexibility index (Phi) is 2.73. The Morgan fingerprint density at radius 1 is 1.26 bits per heavy atom. The molecule has 2 N–H and O–H groups in total. The van der Waals surface area contributed by atoms with Gasteiger partial charge in [0.05, 0.1) is 5.69 Å². The van der Waals surface area contributed by atoms with Crippen LogP contribution < -0.4 is 10.6 Å². The van der Waals surface area contributed by atoms with Crippen molar-refractivity contribution in [1.29, 1.82) is 0 Å². The predicted molar refractivity (Wildman–Crippen MR) is 69.0 cm³/mol. The van der Waals surface area contributed by atoms with Crippen LogP contribution in [0.3, 0.4) is 0 Å². The lowest BCUT2D eigenvalue weighted by Crippen LogP contribution is -2.54. The topological polar surface area (TPSA) is 41.1 Å². The predicted octanol–water partition coefficient (Wildman–Crippen LogP) is 3.28. The monoisotopic (exact) mass is 266 g/mol. The molecule has 19 heavy (non-hydrogen) atoms. The van der Waals surface area contributed by atoms with Crippen LogP contribution in [0.1, 0.15) is 32.6 Å². The third kappa shape index (κ3) is 1.97. The van der Waals surface area contributed by atoms with E-state index in [0.717, 1.165) is 18.9 Å². The quantitative estimate of drug-likeness (QED) is 0.756. The number of halogens is 2. The van der Waals surface area contributed by atoms with Gasteiger partial charge in [0.15, 0.2) is 5.82 Å². The van der Waals surface area contributed by atoms with Crippen molar-refractivity contribution in [2.75, 3.05) is 10.6 Å². The van der Waals surface area contributed by atoms with Gasteiger partial charge in [-0.1, -0.05) is 6.92 Å². The average Bonchev–Trinajstić information content (AvgIpc) is 2.35. The van der Waals surface area contributed by atoms with Gasteiger partial charge in [-0.25, -0.2) is 8.78 Å². The Labute approximate surface area is 110 Å². The van der Waals surface area contributed by atoms with E-state index in [0.29, 0.717) is 24.4 Å². The summed E-state index contributed by atoms with van der Waals surface area (Å²) in [6, 6.07) is 2.01. The summed E-state index contributed by atoms with van der Waals surface area (Å²) in [4.78, 5) is 12.2. The third-order valence-corrected chi connectivity index (χ3v) is 4.23. The molecule has 1 spiro atoms. The molecule has 0 radical (unpaired) electrons. The van der Waals surface area contributed by atoms with Gasteiger partial charge in [0.2, 0.25) is 5.91 Å². The molecule has 0 atom stereocenters. The molecule has 1 heterocycles. The second-order valence-corrected chi connectivity index (χ2v) is 5.65. The molecule has 3 rings (SSSR count). The van der Waals surface area contributed by atoms with Gasteiger partial charge >= 0.3 is 0 Å². The number of rotatable bonds is 0. The molecule has 0 saturated heterocycles. The van der Waals surface area contributed by atoms with E-state index in [-0.39, 0.29) is 11.6 Å². The van der Waals surface area contributed by atoms with Crippen LogP contribution in [0.15, 0.2) is 12.1 Å². The second kappa shape index (κ2) is 4.18. The van der Waals surface area contributed by atoms with Crippen molar-refractivity contribution in [1.82, 2.24) is 0 Å². The molecule has 1 aromatic carbocycles. The minimum Gasteiger partial charge on any atom is -0.369 e. The maximum Gasteiger partial charge on any atom is 0.250 e. The first-order chi connectivity index (χ1) is 9.00. The Balaban J connectivity index is 1.97. The molecule has 1 aromatic rings. The van der Waals surface area contributed by atoms with Crippen molar-refractivity contribution >= 4 is 17.3 Å². The first-order valence-corrected chi connectivity index (χ1v) is 6.59. The van der Waals surface area contributed by atoms with Crippen molar-refractivity contribution in [2.45, 2.75) is 38.1 Å². The van der Waals surface area contributed by atoms with Crippen LogP contribution in [-0.4, -0.2) is 11.4 Å². The normalized spacial score (nSPS) is 29.6. The largest absolute Gasteiger partial charge is 0.369 e. The number of hydrogen-bond donors (Lipinski definition) is 2. The number of benzene rings is 1. The minimum absolute atomic E-state index is 0.0515. The van der Waals surface area contributed by atoms with Crippen LogP contribution in [-0.2, 0) is 4.79 Å². The van der Waals surface area contributed by atoms with Crippen molar-refractivity contribution < 1.29 is 13.6 Å². The average molecular weight is 266 g/mol. The summed E-state index contributed by atoms with van der Waals surface area (Å²) < 4.78 is 26.9. The number of hydrogen-bond acceptors (Lipinski definition) is 2. The van der Waals surface area contributed by atoms with E-state index >= 15 is 0 Å². The summed E-state index contributed by atoms with van der Waals surface area (Å²) in [5, 5.41) is 5.66. The lowest BCUT2D eigenvalue weighted by atomic mass is 9.75. The zero-order chi connectivity index (χ0) is 13.6. The highest BCUT2D eigenvalue weighted by Gasteiger charge is 2.44. The number of amides is 1. The van der Waals surface area contributed by atoms with Crippen LogP contribution in [0.4, 0.5) is 20.2 Å². The van der Waals surface area contributed by atoms with Crippen molar-refractivity contribution in [3.8, 4) is 0 Å². The summed E-state index contributed by atoms with van der Waals surface area (Å²) in [7, 11) is 0. The zero-order valence-electron chi connectivity index (χ0n) is 10.7. The molecule has 1 amide bonds. The minimum atomic E-state index is -0.741. The molecule has 0 unspecified atom stereocenters. The SMILES string of the molecule is CC1CCC2(CC1)Nc1cc(F)cc(F)c1NC2=O. The van der Waals surface area contributed by atoms with Gasteiger partial charge < -0.3 is 10.6 Å². The molecule has 0 aromatic heterocycles. The maximum absolute atomic E-state index is 13.6. The lowest BCUT2D eigenvalue weighted by Gasteiger charge is -2.42. The molecule has 3 nitrogen and oxygen atoms in total. The molecule has 5 heteroatoms. The lowest BCUT2D eigenvalue weighted by molar-refractivity contribution is -0.121. The van der Waals surface area contributed by atoms with E-state index in [1.165, 1.54) is 6.07 Å². The Hall–Kier alpha value is -1.65. The van der Waals surface area contributed by atoms with Gasteiger partial charge in [-0.05, 0) is 37.7 Å². The number of carbonyl (C=O) groups excluding carboxylic acids is 1. The van der Waals surface area contributed by atoms with E-state index < -0.39 is 17.2 Å². The van der Waals surface area contributed by atoms with Gasteiger partial charge in [0.1, 0.15) is 17.0 Å². The maximum atomic E-state index is 13.6. The van der Waals surface area contributed by atoms with Crippen LogP contribution in [0.25, 0.3) is 0 Å². The molecule has 102 valence electrons. The molecular weight excluding hydrogens is 250 g/mol. The Bertz CT molecular complexity index is 536. The van der Waals surface area contributed by atoms with E-state index in [2.05, 4.69) is 17.6 Å². The zero-order valence-corrected chi connectivity index (χ0v) is 10.7. The van der Waals surface area contributed by atoms with E-state index in [9.17, 15) is 13.6 Å². The highest BCUT2D eigenvalue weighted by molar-refractivity contribution is 6.06. The second-order valence-electron chi connectivity index (χ2n) is 5.65. The summed E-state index contributed by atoms with van der Waals surface area (Å²) in [5.74, 6) is -1.00. The fourth-order valence-corrected chi connectivity index (χ4v) is 2.95. The molecule has 1 saturated carbocycles. The van der Waals surface area contributed by atoms with Crippen LogP contribution in [0.2, 0.25) is 0 Å². The summed E-state index contributed by atoms with van der Waals surface area (Å²) in [5.41, 5.74) is -0.318. The van der Waals surface area contributed by atoms with Crippen molar-refractivity contribution in [3.63, 3.8) is 0 Å². The third-order valence-electron chi connectivity index (χ3n) is 4.23. The van der Waals surface area contributed by atoms with Gasteiger partial charge in [0, 0.05) is 6.07 Å². The standard InChI is InChI=1S/C14H16F2N2O/c1-8-2-4-14(5-3-8)13(19)17-12-10(16)6-9(15)7-11(12)18-14/h6-8,18H,2-5H2,1H3,(H,17,19). The molecule has 1 aliphatic heterocycles. The smallest absolute Gasteiger partial charge is 0.250 e. The molecule has 0 bridgehead atoms. The van der Waals surface area contributed by atoms with Crippen LogP contribution in [0, 0.1) is 17.6 Å². The molecule has 1 fully saturated rings. The van der Waals surface area contributed by atoms with E-state index in [1.54, 1.807) is 0 Å². The van der Waals surface area contributed by atoms with Gasteiger partial charge in [-0.3, -0.25) is 4.79 Å². The van der Waals surface area contributed by atoms with Crippen LogP contribution in [0.5, 0.6) is 0 Å². The number of nitrogens with one attached hydrogen (secondary N) is 2. The molecular formula is C14H16F2N2O. The molecule has 1 aliphatic carbocycles. The van der Waals surface area contributed by atoms with Gasteiger partial charge in [0.25, 0.3) is 0 Å². The fourth-order valence-electron chi connectivity index (χ4n) is 2.95. The van der Waals surface area contributed by atoms with Crippen molar-refractivity contribution in [3.05, 3.63) is 23.8 Å². The van der Waals surface area contributed by atoms with Crippen molar-refractivity contribution in [2.24, 2.45) is 5.92 Å². The Morgan fingerprint density at radius 3 is 2.63 bits per heavy atom. The number of anilines is 2. The first kappa shape index (κ1) is 12.4. The first-order valence-electron chi connectivity index (χ1n) is 6.59. The summed E-state index contributed by atoms with van der Waals surface area (Å²) in [6.45, 7) is 2.15. The van der Waals surface area contributed by atoms with Gasteiger partial charge in [-0.15, -0.1) is 0 Å². The Morgan fingerprint density at radius 2 is 1.95 bits per heavy atom. The molecule has 2 aliphatic rings. The van der Waals surface area contributed by atoms with E-state index in [1.807, 2.05) is 0 Å².